The fraction of sp³-hybridized carbons (Fsp3) is 0. The number of hydrogen-bond donors (Lipinski definition) is 0. The molecule has 0 fully saturated rings. The normalized spacial score (nSPS) is 1.50. The molecule has 0 rings (SSSR count). The van der Waals surface area contributed by atoms with Crippen LogP contribution >= 0.6 is 0 Å². The van der Waals surface area contributed by atoms with Gasteiger partial charge in [-0.3, -0.25) is 0 Å². The van der Waals surface area contributed by atoms with Crippen LogP contribution in [0.15, 0.2) is 0 Å². The van der Waals surface area contributed by atoms with Crippen molar-refractivity contribution in [2.45, 2.75) is 0 Å². The van der Waals surface area contributed by atoms with E-state index in [9.17, 15) is 0 Å². The van der Waals surface area contributed by atoms with Gasteiger partial charge in [0.05, 0.1) is 0 Å². The first-order valence-electron chi connectivity index (χ1n) is 0.123. The molecular weight excluding hydrogens is 361 g/mol. The van der Waals surface area contributed by atoms with Crippen LogP contribution in [-0.4, -0.2) is 0 Å². The second kappa shape index (κ2) is 16.6. The van der Waals surface area contributed by atoms with Crippen LogP contribution in [0, 0.1) is 83.0 Å². The summed E-state index contributed by atoms with van der Waals surface area (Å²) in [5.74, 6) is 0. The first kappa shape index (κ1) is 15.7. The molecule has 0 saturated heterocycles. The first-order chi connectivity index (χ1) is 1.00. The molecule has 0 aliphatic carbocycles. The molecule has 0 N–H and O–H groups in total. The molecule has 0 heterocycles. The van der Waals surface area contributed by atoms with Gasteiger partial charge in [-0.1, -0.05) is 0 Å². The monoisotopic (exact) mass is 360 g/mol. The molecule has 0 bridgehead atoms. The summed E-state index contributed by atoms with van der Waals surface area (Å²) >= 11 is 2.94. The van der Waals surface area contributed by atoms with Crippen LogP contribution in [0.5, 0.6) is 0 Å². The van der Waals surface area contributed by atoms with Crippen molar-refractivity contribution in [3.8, 4) is 0 Å². The fourth-order valence-electron chi connectivity index (χ4n) is 0. The Balaban J connectivity index is -0.00000000500. The van der Waals surface area contributed by atoms with Crippen LogP contribution in [0.4, 0.5) is 0 Å². The van der Waals surface area contributed by atoms with E-state index in [-0.39, 0.29) is 83.0 Å². The molecule has 0 saturated carbocycles. The smallest absolute Gasteiger partial charge is 0 e. The van der Waals surface area contributed by atoms with Gasteiger partial charge in [0.2, 0.25) is 0 Å². The zero-order chi connectivity index (χ0) is 2.00. The third-order valence-corrected chi connectivity index (χ3v) is 0. The van der Waals surface area contributed by atoms with Crippen molar-refractivity contribution in [3.63, 3.8) is 0 Å². The average Bonchev–Trinajstić information content (AvgIpc) is 1.00. The number of rotatable bonds is 0. The minimum atomic E-state index is 0. The third kappa shape index (κ3) is 8.91. The van der Waals surface area contributed by atoms with Crippen molar-refractivity contribution in [2.24, 2.45) is 0 Å². The Morgan fingerprint density at radius 1 is 1.25 bits per heavy atom. The summed E-state index contributed by atoms with van der Waals surface area (Å²) < 4.78 is 7.81. The quantitative estimate of drug-likeness (QED) is 0.551. The molecule has 0 aliphatic rings. The number of hydrogen-bond acceptors (Lipinski definition) is 1. The van der Waals surface area contributed by atoms with E-state index in [1.54, 1.807) is 0 Å². The van der Waals surface area contributed by atoms with Gasteiger partial charge in [-0.05, 0) is 0 Å². The molecule has 0 aromatic carbocycles. The molecule has 0 aromatic rings. The summed E-state index contributed by atoms with van der Waals surface area (Å²) in [6, 6.07) is 0. The van der Waals surface area contributed by atoms with Gasteiger partial charge < -0.3 is 0 Å². The van der Waals surface area contributed by atoms with Gasteiger partial charge in [-0.25, -0.2) is 0 Å². The van der Waals surface area contributed by atoms with Gasteiger partial charge >= 0.3 is 19.8 Å². The van der Waals surface area contributed by atoms with E-state index in [1.165, 1.54) is 0 Å². The molecule has 4 heavy (non-hydrogen) atoms. The molecule has 0 unspecified atom stereocenters. The SMILES string of the molecule is [Ce].[O]=[Cu].[Pr]. The maximum atomic E-state index is 7.81. The largest absolute Gasteiger partial charge is 0 e. The van der Waals surface area contributed by atoms with Gasteiger partial charge in [0.15, 0.2) is 0 Å². The molecule has 4 heteroatoms. The standard InChI is InChI=1S/Ce.Cu.O.Pr. The Morgan fingerprint density at radius 2 is 1.25 bits per heavy atom. The van der Waals surface area contributed by atoms with Gasteiger partial charge in [0.25, 0.3) is 0 Å². The first-order valence-corrected chi connectivity index (χ1v) is 0.508. The van der Waals surface area contributed by atoms with E-state index < -0.39 is 0 Å². The van der Waals surface area contributed by atoms with E-state index in [1.807, 2.05) is 0 Å². The van der Waals surface area contributed by atoms with E-state index in [4.69, 9.17) is 3.83 Å². The fourth-order valence-corrected chi connectivity index (χ4v) is 0. The van der Waals surface area contributed by atoms with Crippen molar-refractivity contribution < 1.29 is 103 Å². The average molecular weight is 361 g/mol. The zero-order valence-electron chi connectivity index (χ0n) is 1.79. The van der Waals surface area contributed by atoms with Crippen LogP contribution in [0.25, 0.3) is 0 Å². The summed E-state index contributed by atoms with van der Waals surface area (Å²) in [5, 5.41) is 0. The molecule has 0 aromatic heterocycles. The van der Waals surface area contributed by atoms with Crippen molar-refractivity contribution in [3.05, 3.63) is 0 Å². The van der Waals surface area contributed by atoms with Crippen LogP contribution in [0.1, 0.15) is 0 Å². The molecule has 0 spiro atoms. The van der Waals surface area contributed by atoms with Crippen molar-refractivity contribution in [1.82, 2.24) is 0 Å². The minimum absolute atomic E-state index is 0. The Hall–Kier alpha value is 3.06. The molecule has 0 amide bonds. The predicted molar refractivity (Wildman–Crippen MR) is 0.686 cm³/mol. The Bertz CT molecular complexity index is 8.00. The van der Waals surface area contributed by atoms with E-state index in [0.29, 0.717) is 0 Å². The second-order valence-corrected chi connectivity index (χ2v) is 0. The zero-order valence-corrected chi connectivity index (χ0v) is 9.57. The van der Waals surface area contributed by atoms with Crippen molar-refractivity contribution in [2.75, 3.05) is 0 Å². The topological polar surface area (TPSA) is 17.1 Å². The van der Waals surface area contributed by atoms with E-state index in [0.717, 1.165) is 0 Å². The van der Waals surface area contributed by atoms with Gasteiger partial charge in [0, 0.05) is 83.0 Å². The minimum Gasteiger partial charge on any atom is 0 e. The van der Waals surface area contributed by atoms with Crippen LogP contribution in [0.3, 0.4) is 0 Å². The Kier molecular flexibility index (Phi) is 65.2. The van der Waals surface area contributed by atoms with Gasteiger partial charge in [0.1, 0.15) is 0 Å². The van der Waals surface area contributed by atoms with Crippen LogP contribution < -0.4 is 0 Å². The molecule has 0 aliphatic heterocycles. The van der Waals surface area contributed by atoms with Gasteiger partial charge in [-0.2, -0.15) is 0 Å². The second-order valence-electron chi connectivity index (χ2n) is 0. The van der Waals surface area contributed by atoms with E-state index >= 15 is 0 Å². The summed E-state index contributed by atoms with van der Waals surface area (Å²) in [6.07, 6.45) is 0. The molecule has 1 nitrogen and oxygen atoms in total. The van der Waals surface area contributed by atoms with E-state index in [2.05, 4.69) is 15.9 Å². The Labute approximate surface area is 100 Å². The third-order valence-electron chi connectivity index (χ3n) is 0. The van der Waals surface area contributed by atoms with Crippen LogP contribution in [0.2, 0.25) is 0 Å². The summed E-state index contributed by atoms with van der Waals surface area (Å²) in [5.41, 5.74) is 0. The van der Waals surface area contributed by atoms with Crippen molar-refractivity contribution >= 4 is 0 Å². The van der Waals surface area contributed by atoms with Crippen molar-refractivity contribution in [1.29, 1.82) is 0 Å². The maximum Gasteiger partial charge on any atom is 0 e. The predicted octanol–water partition coefficient (Wildman–Crippen LogP) is -0.121. The maximum absolute atomic E-state index is 7.81. The Morgan fingerprint density at radius 3 is 1.25 bits per heavy atom. The molecule has 24 valence electrons. The molecule has 0 atom stereocenters. The van der Waals surface area contributed by atoms with Gasteiger partial charge in [-0.15, -0.1) is 0 Å². The molecular formula is CeCuOPr. The summed E-state index contributed by atoms with van der Waals surface area (Å²) in [7, 11) is 0. The summed E-state index contributed by atoms with van der Waals surface area (Å²) in [6.45, 7) is 0. The molecule has 1 radical (unpaired) electrons. The summed E-state index contributed by atoms with van der Waals surface area (Å²) in [4.78, 5) is 0. The van der Waals surface area contributed by atoms with Crippen LogP contribution in [-0.2, 0) is 19.8 Å².